The smallest absolute Gasteiger partial charge is 0.313 e. The van der Waals surface area contributed by atoms with Crippen molar-refractivity contribution in [1.29, 1.82) is 0 Å². The highest BCUT2D eigenvalue weighted by Gasteiger charge is 2.25. The third-order valence-corrected chi connectivity index (χ3v) is 2.41. The van der Waals surface area contributed by atoms with Gasteiger partial charge in [-0.05, 0) is 19.8 Å². The van der Waals surface area contributed by atoms with Gasteiger partial charge >= 0.3 is 5.69 Å². The summed E-state index contributed by atoms with van der Waals surface area (Å²) in [6.45, 7) is 6.13. The van der Waals surface area contributed by atoms with Crippen molar-refractivity contribution in [1.82, 2.24) is 9.78 Å². The number of nitrogens with zero attached hydrogens (tertiary/aromatic N) is 3. The molecule has 0 radical (unpaired) electrons. The van der Waals surface area contributed by atoms with Crippen LogP contribution in [0.4, 0.5) is 5.69 Å². The van der Waals surface area contributed by atoms with Crippen LogP contribution in [-0.2, 0) is 19.4 Å². The molecule has 0 fully saturated rings. The van der Waals surface area contributed by atoms with E-state index in [1.165, 1.54) is 0 Å². The molecule has 0 aliphatic carbocycles. The first-order valence-electron chi connectivity index (χ1n) is 5.49. The van der Waals surface area contributed by atoms with Gasteiger partial charge in [-0.1, -0.05) is 13.8 Å². The molecule has 6 heteroatoms. The fourth-order valence-corrected chi connectivity index (χ4v) is 1.76. The summed E-state index contributed by atoms with van der Waals surface area (Å²) in [4.78, 5) is 10.6. The van der Waals surface area contributed by atoms with E-state index in [-0.39, 0.29) is 16.7 Å². The highest BCUT2D eigenvalue weighted by Crippen LogP contribution is 2.24. The largest absolute Gasteiger partial charge is 0.326 e. The van der Waals surface area contributed by atoms with E-state index in [9.17, 15) is 10.1 Å². The van der Waals surface area contributed by atoms with Crippen LogP contribution in [0.25, 0.3) is 0 Å². The molecule has 1 rings (SSSR count). The van der Waals surface area contributed by atoms with Crippen LogP contribution in [0.3, 0.4) is 0 Å². The molecule has 0 aromatic carbocycles. The quantitative estimate of drug-likeness (QED) is 0.605. The monoisotopic (exact) mass is 226 g/mol. The third-order valence-electron chi connectivity index (χ3n) is 2.41. The molecule has 0 aliphatic rings. The Labute approximate surface area is 94.6 Å². The molecule has 1 aromatic rings. The number of nitro groups is 1. The molecule has 2 N–H and O–H groups in total. The normalized spacial score (nSPS) is 12.8. The lowest BCUT2D eigenvalue weighted by Gasteiger charge is -2.07. The van der Waals surface area contributed by atoms with Crippen molar-refractivity contribution in [3.63, 3.8) is 0 Å². The van der Waals surface area contributed by atoms with E-state index < -0.39 is 0 Å². The fourth-order valence-electron chi connectivity index (χ4n) is 1.76. The van der Waals surface area contributed by atoms with Crippen molar-refractivity contribution in [3.05, 3.63) is 21.5 Å². The third kappa shape index (κ3) is 2.38. The van der Waals surface area contributed by atoms with Gasteiger partial charge in [0.1, 0.15) is 11.4 Å². The Morgan fingerprint density at radius 2 is 2.12 bits per heavy atom. The van der Waals surface area contributed by atoms with E-state index in [1.54, 1.807) is 4.68 Å². The second-order valence-electron chi connectivity index (χ2n) is 3.87. The van der Waals surface area contributed by atoms with Crippen molar-refractivity contribution in [2.45, 2.75) is 46.2 Å². The van der Waals surface area contributed by atoms with E-state index >= 15 is 0 Å². The lowest BCUT2D eigenvalue weighted by atomic mass is 10.2. The number of aromatic nitrogens is 2. The van der Waals surface area contributed by atoms with Crippen LogP contribution in [0.1, 0.15) is 32.2 Å². The number of rotatable bonds is 5. The molecular weight excluding hydrogens is 208 g/mol. The minimum atomic E-state index is -0.345. The Bertz CT molecular complexity index is 384. The van der Waals surface area contributed by atoms with Gasteiger partial charge in [0.25, 0.3) is 0 Å². The topological polar surface area (TPSA) is 87.0 Å². The maximum Gasteiger partial charge on any atom is 0.313 e. The minimum Gasteiger partial charge on any atom is -0.326 e. The summed E-state index contributed by atoms with van der Waals surface area (Å²) in [5.74, 6) is 0. The summed E-state index contributed by atoms with van der Waals surface area (Å²) < 4.78 is 1.67. The maximum absolute atomic E-state index is 11.0. The number of aryl methyl sites for hydroxylation is 1. The van der Waals surface area contributed by atoms with Gasteiger partial charge < -0.3 is 5.73 Å². The molecule has 0 amide bonds. The van der Waals surface area contributed by atoms with Crippen molar-refractivity contribution in [2.24, 2.45) is 5.73 Å². The average molecular weight is 226 g/mol. The summed E-state index contributed by atoms with van der Waals surface area (Å²) in [6.07, 6.45) is 1.16. The van der Waals surface area contributed by atoms with Gasteiger partial charge in [-0.25, -0.2) is 0 Å². The van der Waals surface area contributed by atoms with Crippen LogP contribution < -0.4 is 5.73 Å². The van der Waals surface area contributed by atoms with Crippen LogP contribution in [0, 0.1) is 10.1 Å². The Morgan fingerprint density at radius 1 is 1.50 bits per heavy atom. The Hall–Kier alpha value is -1.43. The summed E-state index contributed by atoms with van der Waals surface area (Å²) in [7, 11) is 0. The first-order valence-corrected chi connectivity index (χ1v) is 5.49. The van der Waals surface area contributed by atoms with Crippen LogP contribution in [0.5, 0.6) is 0 Å². The van der Waals surface area contributed by atoms with E-state index in [4.69, 9.17) is 5.73 Å². The molecule has 0 saturated carbocycles. The zero-order valence-corrected chi connectivity index (χ0v) is 9.93. The molecule has 16 heavy (non-hydrogen) atoms. The lowest BCUT2D eigenvalue weighted by molar-refractivity contribution is -0.386. The summed E-state index contributed by atoms with van der Waals surface area (Å²) in [5.41, 5.74) is 7.06. The van der Waals surface area contributed by atoms with Crippen molar-refractivity contribution < 1.29 is 4.92 Å². The SMILES string of the molecule is CCc1nn(CC(C)N)c(CC)c1[N+](=O)[O-]. The first kappa shape index (κ1) is 12.6. The van der Waals surface area contributed by atoms with Gasteiger partial charge in [0.2, 0.25) is 0 Å². The highest BCUT2D eigenvalue weighted by atomic mass is 16.6. The van der Waals surface area contributed by atoms with Crippen LogP contribution in [0.15, 0.2) is 0 Å². The van der Waals surface area contributed by atoms with Gasteiger partial charge in [-0.15, -0.1) is 0 Å². The first-order chi connectivity index (χ1) is 7.51. The molecule has 0 bridgehead atoms. The fraction of sp³-hybridized carbons (Fsp3) is 0.700. The summed E-state index contributed by atoms with van der Waals surface area (Å²) in [5, 5.41) is 15.2. The number of hydrogen-bond acceptors (Lipinski definition) is 4. The predicted octanol–water partition coefficient (Wildman–Crippen LogP) is 1.26. The lowest BCUT2D eigenvalue weighted by Crippen LogP contribution is -2.24. The molecule has 0 spiro atoms. The van der Waals surface area contributed by atoms with E-state index in [0.29, 0.717) is 30.8 Å². The molecular formula is C10H18N4O2. The highest BCUT2D eigenvalue weighted by molar-refractivity contribution is 5.41. The minimum absolute atomic E-state index is 0.0606. The number of nitrogens with two attached hydrogens (primary N) is 1. The van der Waals surface area contributed by atoms with E-state index in [0.717, 1.165) is 0 Å². The van der Waals surface area contributed by atoms with Crippen molar-refractivity contribution in [3.8, 4) is 0 Å². The van der Waals surface area contributed by atoms with E-state index in [2.05, 4.69) is 5.10 Å². The van der Waals surface area contributed by atoms with Gasteiger partial charge in [0.15, 0.2) is 0 Å². The predicted molar refractivity (Wildman–Crippen MR) is 61.3 cm³/mol. The molecule has 1 unspecified atom stereocenters. The van der Waals surface area contributed by atoms with E-state index in [1.807, 2.05) is 20.8 Å². The molecule has 90 valence electrons. The maximum atomic E-state index is 11.0. The Balaban J connectivity index is 3.24. The van der Waals surface area contributed by atoms with Crippen molar-refractivity contribution in [2.75, 3.05) is 0 Å². The summed E-state index contributed by atoms with van der Waals surface area (Å²) in [6, 6.07) is -0.0606. The van der Waals surface area contributed by atoms with Gasteiger partial charge in [0.05, 0.1) is 11.5 Å². The Kier molecular flexibility index (Phi) is 4.00. The second kappa shape index (κ2) is 5.07. The van der Waals surface area contributed by atoms with Gasteiger partial charge in [-0.3, -0.25) is 14.8 Å². The molecule has 1 aromatic heterocycles. The molecule has 0 aliphatic heterocycles. The van der Waals surface area contributed by atoms with Crippen LogP contribution in [0.2, 0.25) is 0 Å². The average Bonchev–Trinajstić information content (AvgIpc) is 2.54. The van der Waals surface area contributed by atoms with Gasteiger partial charge in [0, 0.05) is 6.04 Å². The number of hydrogen-bond donors (Lipinski definition) is 1. The molecule has 0 saturated heterocycles. The molecule has 6 nitrogen and oxygen atoms in total. The van der Waals surface area contributed by atoms with Crippen LogP contribution >= 0.6 is 0 Å². The zero-order valence-electron chi connectivity index (χ0n) is 9.93. The van der Waals surface area contributed by atoms with Gasteiger partial charge in [-0.2, -0.15) is 5.10 Å². The Morgan fingerprint density at radius 3 is 2.50 bits per heavy atom. The zero-order chi connectivity index (χ0) is 12.3. The molecule has 1 heterocycles. The summed E-state index contributed by atoms with van der Waals surface area (Å²) >= 11 is 0. The second-order valence-corrected chi connectivity index (χ2v) is 3.87. The molecule has 1 atom stereocenters. The van der Waals surface area contributed by atoms with Crippen LogP contribution in [-0.4, -0.2) is 20.7 Å². The van der Waals surface area contributed by atoms with Crippen molar-refractivity contribution >= 4 is 5.69 Å². The standard InChI is InChI=1S/C10H18N4O2/c1-4-8-10(14(15)16)9(5-2)13(12-8)6-7(3)11/h7H,4-6,11H2,1-3H3.